The Bertz CT molecular complexity index is 900. The minimum Gasteiger partial charge on any atom is -0.482 e. The molecule has 5 nitrogen and oxygen atoms in total. The van der Waals surface area contributed by atoms with E-state index in [1.807, 2.05) is 0 Å². The molecule has 2 aromatic carbocycles. The van der Waals surface area contributed by atoms with Gasteiger partial charge in [0.1, 0.15) is 12.3 Å². The third-order valence-electron chi connectivity index (χ3n) is 3.61. The van der Waals surface area contributed by atoms with Gasteiger partial charge in [0.25, 0.3) is 11.7 Å². The van der Waals surface area contributed by atoms with Gasteiger partial charge >= 0.3 is 0 Å². The Balaban J connectivity index is 1.79. The normalized spacial score (nSPS) is 13.4. The minimum absolute atomic E-state index is 0.0696. The highest BCUT2D eigenvalue weighted by molar-refractivity contribution is 9.10. The van der Waals surface area contributed by atoms with Crippen molar-refractivity contribution in [1.29, 1.82) is 0 Å². The number of rotatable bonds is 5. The van der Waals surface area contributed by atoms with Crippen LogP contribution in [0.4, 0.5) is 20.2 Å². The molecule has 3 rings (SSSR count). The van der Waals surface area contributed by atoms with E-state index in [1.165, 1.54) is 17.0 Å². The number of thioether (sulfide) groups is 1. The van der Waals surface area contributed by atoms with Gasteiger partial charge in [-0.05, 0) is 30.3 Å². The van der Waals surface area contributed by atoms with E-state index < -0.39 is 11.7 Å². The predicted molar refractivity (Wildman–Crippen MR) is 104 cm³/mol. The van der Waals surface area contributed by atoms with Gasteiger partial charge in [-0.15, -0.1) is 0 Å². The summed E-state index contributed by atoms with van der Waals surface area (Å²) in [5.41, 5.74) is 0.618. The SMILES string of the molecule is O=C(CN1C(=O)COc2cc(Br)ccc21)Nc1cccc(Cl)c1SC(F)F. The second-order valence-electron chi connectivity index (χ2n) is 5.42. The van der Waals surface area contributed by atoms with Crippen molar-refractivity contribution in [2.24, 2.45) is 0 Å². The van der Waals surface area contributed by atoms with Crippen LogP contribution in [-0.2, 0) is 9.59 Å². The van der Waals surface area contributed by atoms with Gasteiger partial charge in [-0.2, -0.15) is 8.78 Å². The van der Waals surface area contributed by atoms with Gasteiger partial charge in [-0.3, -0.25) is 14.5 Å². The molecule has 0 aromatic heterocycles. The predicted octanol–water partition coefficient (Wildman–Crippen LogP) is 4.78. The van der Waals surface area contributed by atoms with Crippen LogP contribution in [0.25, 0.3) is 0 Å². The van der Waals surface area contributed by atoms with Crippen molar-refractivity contribution in [3.63, 3.8) is 0 Å². The molecule has 0 atom stereocenters. The van der Waals surface area contributed by atoms with Gasteiger partial charge in [-0.25, -0.2) is 0 Å². The maximum atomic E-state index is 12.8. The molecule has 1 aliphatic rings. The molecule has 1 aliphatic heterocycles. The fraction of sp³-hybridized carbons (Fsp3) is 0.176. The minimum atomic E-state index is -2.69. The Morgan fingerprint density at radius 1 is 1.37 bits per heavy atom. The van der Waals surface area contributed by atoms with E-state index in [1.54, 1.807) is 24.3 Å². The molecule has 0 saturated carbocycles. The summed E-state index contributed by atoms with van der Waals surface area (Å²) in [7, 11) is 0. The average Bonchev–Trinajstić information content (AvgIpc) is 2.60. The van der Waals surface area contributed by atoms with E-state index in [9.17, 15) is 18.4 Å². The van der Waals surface area contributed by atoms with Crippen LogP contribution in [0.15, 0.2) is 45.8 Å². The van der Waals surface area contributed by atoms with Gasteiger partial charge in [0.2, 0.25) is 5.91 Å². The zero-order valence-corrected chi connectivity index (χ0v) is 16.7. The fourth-order valence-corrected chi connectivity index (χ4v) is 3.75. The summed E-state index contributed by atoms with van der Waals surface area (Å²) in [6.45, 7) is -0.484. The summed E-state index contributed by atoms with van der Waals surface area (Å²) in [5, 5.41) is 2.65. The average molecular weight is 478 g/mol. The quantitative estimate of drug-likeness (QED) is 0.630. The third-order valence-corrected chi connectivity index (χ3v) is 5.39. The fourth-order valence-electron chi connectivity index (χ4n) is 2.50. The summed E-state index contributed by atoms with van der Waals surface area (Å²) in [6.07, 6.45) is 0. The lowest BCUT2D eigenvalue weighted by Gasteiger charge is -2.29. The van der Waals surface area contributed by atoms with Crippen LogP contribution < -0.4 is 15.0 Å². The van der Waals surface area contributed by atoms with Gasteiger partial charge in [0.05, 0.1) is 21.3 Å². The molecular weight excluding hydrogens is 466 g/mol. The highest BCUT2D eigenvalue weighted by atomic mass is 79.9. The van der Waals surface area contributed by atoms with Gasteiger partial charge in [-0.1, -0.05) is 45.4 Å². The molecule has 2 amide bonds. The molecular formula is C17H12BrClF2N2O3S. The number of hydrogen-bond donors (Lipinski definition) is 1. The lowest BCUT2D eigenvalue weighted by Crippen LogP contribution is -2.43. The Hall–Kier alpha value is -1.84. The first-order valence-corrected chi connectivity index (χ1v) is 9.66. The summed E-state index contributed by atoms with van der Waals surface area (Å²) in [6, 6.07) is 9.55. The zero-order valence-electron chi connectivity index (χ0n) is 13.5. The molecule has 0 unspecified atom stereocenters. The van der Waals surface area contributed by atoms with Crippen LogP contribution in [0.2, 0.25) is 5.02 Å². The van der Waals surface area contributed by atoms with Crippen LogP contribution in [-0.4, -0.2) is 30.7 Å². The molecule has 0 spiro atoms. The standard InChI is InChI=1S/C17H12BrClF2N2O3S/c18-9-4-5-12-13(6-9)26-8-15(25)23(12)7-14(24)22-11-3-1-2-10(19)16(11)27-17(20)21/h1-6,17H,7-8H2,(H,22,24). The van der Waals surface area contributed by atoms with E-state index in [0.29, 0.717) is 11.4 Å². The number of nitrogens with one attached hydrogen (secondary N) is 1. The van der Waals surface area contributed by atoms with Crippen molar-refractivity contribution in [2.45, 2.75) is 10.7 Å². The molecule has 27 heavy (non-hydrogen) atoms. The molecule has 0 saturated heterocycles. The maximum absolute atomic E-state index is 12.8. The highest BCUT2D eigenvalue weighted by Crippen LogP contribution is 2.38. The van der Waals surface area contributed by atoms with Crippen molar-refractivity contribution in [3.8, 4) is 5.75 Å². The Morgan fingerprint density at radius 2 is 2.15 bits per heavy atom. The number of hydrogen-bond acceptors (Lipinski definition) is 4. The number of fused-ring (bicyclic) bond motifs is 1. The number of anilines is 2. The number of carbonyl (C=O) groups is 2. The van der Waals surface area contributed by atoms with E-state index in [4.69, 9.17) is 16.3 Å². The van der Waals surface area contributed by atoms with Crippen molar-refractivity contribution < 1.29 is 23.1 Å². The molecule has 0 fully saturated rings. The van der Waals surface area contributed by atoms with Gasteiger partial charge in [0, 0.05) is 4.47 Å². The summed E-state index contributed by atoms with van der Waals surface area (Å²) >= 11 is 9.52. The second-order valence-corrected chi connectivity index (χ2v) is 7.75. The molecule has 2 aromatic rings. The number of alkyl halides is 2. The van der Waals surface area contributed by atoms with Crippen LogP contribution in [0.3, 0.4) is 0 Å². The first-order chi connectivity index (χ1) is 12.8. The van der Waals surface area contributed by atoms with Crippen molar-refractivity contribution in [2.75, 3.05) is 23.4 Å². The Labute approximate surface area is 171 Å². The van der Waals surface area contributed by atoms with E-state index in [0.717, 1.165) is 4.47 Å². The largest absolute Gasteiger partial charge is 0.482 e. The van der Waals surface area contributed by atoms with Crippen LogP contribution >= 0.6 is 39.3 Å². The van der Waals surface area contributed by atoms with Gasteiger partial charge in [0.15, 0.2) is 6.61 Å². The monoisotopic (exact) mass is 476 g/mol. The summed E-state index contributed by atoms with van der Waals surface area (Å²) < 4.78 is 31.7. The first-order valence-electron chi connectivity index (χ1n) is 7.61. The van der Waals surface area contributed by atoms with E-state index in [-0.39, 0.29) is 46.4 Å². The maximum Gasteiger partial charge on any atom is 0.289 e. The lowest BCUT2D eigenvalue weighted by molar-refractivity contribution is -0.123. The smallest absolute Gasteiger partial charge is 0.289 e. The second kappa shape index (κ2) is 8.45. The topological polar surface area (TPSA) is 58.6 Å². The highest BCUT2D eigenvalue weighted by Gasteiger charge is 2.28. The lowest BCUT2D eigenvalue weighted by atomic mass is 10.2. The Morgan fingerprint density at radius 3 is 2.89 bits per heavy atom. The number of nitrogens with zero attached hydrogens (tertiary/aromatic N) is 1. The Kier molecular flexibility index (Phi) is 6.23. The molecule has 0 radical (unpaired) electrons. The number of carbonyl (C=O) groups excluding carboxylic acids is 2. The van der Waals surface area contributed by atoms with E-state index in [2.05, 4.69) is 21.2 Å². The van der Waals surface area contributed by atoms with Crippen molar-refractivity contribution >= 4 is 62.5 Å². The molecule has 1 N–H and O–H groups in total. The zero-order chi connectivity index (χ0) is 19.6. The molecule has 0 aliphatic carbocycles. The molecule has 0 bridgehead atoms. The molecule has 10 heteroatoms. The summed E-state index contributed by atoms with van der Waals surface area (Å²) in [5.74, 6) is -3.15. The first kappa shape index (κ1) is 19.9. The van der Waals surface area contributed by atoms with Crippen molar-refractivity contribution in [3.05, 3.63) is 45.9 Å². The van der Waals surface area contributed by atoms with Gasteiger partial charge < -0.3 is 10.1 Å². The number of benzene rings is 2. The molecule has 1 heterocycles. The van der Waals surface area contributed by atoms with Crippen LogP contribution in [0.1, 0.15) is 0 Å². The van der Waals surface area contributed by atoms with Crippen LogP contribution in [0, 0.1) is 0 Å². The summed E-state index contributed by atoms with van der Waals surface area (Å²) in [4.78, 5) is 26.0. The van der Waals surface area contributed by atoms with E-state index >= 15 is 0 Å². The van der Waals surface area contributed by atoms with Crippen LogP contribution in [0.5, 0.6) is 5.75 Å². The number of halogens is 4. The number of ether oxygens (including phenoxy) is 1. The third kappa shape index (κ3) is 4.72. The molecule has 142 valence electrons. The number of amides is 2. The van der Waals surface area contributed by atoms with Crippen molar-refractivity contribution in [1.82, 2.24) is 0 Å².